The van der Waals surface area contributed by atoms with Crippen molar-refractivity contribution >= 4 is 35.9 Å². The molecule has 1 fully saturated rings. The first-order chi connectivity index (χ1) is 9.56. The van der Waals surface area contributed by atoms with Crippen LogP contribution in [0.25, 0.3) is 0 Å². The van der Waals surface area contributed by atoms with Crippen molar-refractivity contribution in [3.05, 3.63) is 0 Å². The van der Waals surface area contributed by atoms with Gasteiger partial charge in [0.15, 0.2) is 5.96 Å². The fourth-order valence-electron chi connectivity index (χ4n) is 2.81. The zero-order valence-corrected chi connectivity index (χ0v) is 16.0. The Bertz CT molecular complexity index is 342. The van der Waals surface area contributed by atoms with Gasteiger partial charge in [0.1, 0.15) is 0 Å². The molecular formula is C15H30IN3O2. The highest BCUT2D eigenvalue weighted by molar-refractivity contribution is 14.0. The summed E-state index contributed by atoms with van der Waals surface area (Å²) in [6, 6.07) is 0. The molecule has 1 aliphatic rings. The van der Waals surface area contributed by atoms with E-state index in [2.05, 4.69) is 22.5 Å². The zero-order valence-electron chi connectivity index (χ0n) is 13.7. The van der Waals surface area contributed by atoms with E-state index in [1.165, 1.54) is 39.2 Å². The van der Waals surface area contributed by atoms with Crippen LogP contribution >= 0.6 is 24.0 Å². The maximum absolute atomic E-state index is 11.4. The number of aliphatic imine (C=N–C) groups is 1. The Morgan fingerprint density at radius 1 is 1.33 bits per heavy atom. The van der Waals surface area contributed by atoms with Gasteiger partial charge in [0.05, 0.1) is 13.0 Å². The number of guanidine groups is 1. The molecule has 6 heteroatoms. The molecule has 0 heterocycles. The van der Waals surface area contributed by atoms with E-state index >= 15 is 0 Å². The molecule has 0 radical (unpaired) electrons. The Morgan fingerprint density at radius 3 is 2.43 bits per heavy atom. The van der Waals surface area contributed by atoms with Crippen molar-refractivity contribution in [1.29, 1.82) is 0 Å². The quantitative estimate of drug-likeness (QED) is 0.305. The van der Waals surface area contributed by atoms with E-state index in [0.29, 0.717) is 12.0 Å². The summed E-state index contributed by atoms with van der Waals surface area (Å²) in [5, 5.41) is 6.59. The monoisotopic (exact) mass is 411 g/mol. The van der Waals surface area contributed by atoms with Crippen LogP contribution in [-0.2, 0) is 9.53 Å². The normalized spacial score (nSPS) is 18.6. The van der Waals surface area contributed by atoms with E-state index < -0.39 is 0 Å². The maximum Gasteiger partial charge on any atom is 0.310 e. The number of methoxy groups -OCH3 is 1. The number of halogens is 1. The summed E-state index contributed by atoms with van der Waals surface area (Å²) in [5.41, 5.74) is 0.422. The van der Waals surface area contributed by atoms with Crippen molar-refractivity contribution in [3.8, 4) is 0 Å². The van der Waals surface area contributed by atoms with Crippen molar-refractivity contribution < 1.29 is 9.53 Å². The van der Waals surface area contributed by atoms with Crippen LogP contribution in [-0.4, -0.2) is 39.2 Å². The molecule has 1 saturated carbocycles. The van der Waals surface area contributed by atoms with Crippen LogP contribution in [0.1, 0.15) is 46.0 Å². The third-order valence-corrected chi connectivity index (χ3v) is 4.45. The lowest BCUT2D eigenvalue weighted by Gasteiger charge is -2.28. The van der Waals surface area contributed by atoms with Crippen molar-refractivity contribution in [3.63, 3.8) is 0 Å². The molecule has 5 nitrogen and oxygen atoms in total. The van der Waals surface area contributed by atoms with Crippen LogP contribution in [0, 0.1) is 11.3 Å². The van der Waals surface area contributed by atoms with E-state index in [1.54, 1.807) is 7.05 Å². The van der Waals surface area contributed by atoms with Gasteiger partial charge in [0, 0.05) is 20.1 Å². The van der Waals surface area contributed by atoms with Gasteiger partial charge >= 0.3 is 5.97 Å². The van der Waals surface area contributed by atoms with Crippen molar-refractivity contribution in [2.45, 2.75) is 46.0 Å². The molecule has 0 amide bonds. The predicted molar refractivity (Wildman–Crippen MR) is 97.2 cm³/mol. The van der Waals surface area contributed by atoms with Crippen molar-refractivity contribution in [2.24, 2.45) is 16.3 Å². The smallest absolute Gasteiger partial charge is 0.310 e. The molecule has 0 aromatic carbocycles. The summed E-state index contributed by atoms with van der Waals surface area (Å²) < 4.78 is 4.71. The minimum absolute atomic E-state index is 0. The number of hydrogen-bond donors (Lipinski definition) is 2. The first kappa shape index (κ1) is 20.5. The molecule has 0 bridgehead atoms. The Morgan fingerprint density at radius 2 is 1.95 bits per heavy atom. The number of carbonyl (C=O) groups excluding carboxylic acids is 1. The SMILES string of the molecule is CCC1(CNC(=NC)NCC(C)C(=O)OC)CCCC1.I. The number of ether oxygens (including phenoxy) is 1. The average Bonchev–Trinajstić information content (AvgIpc) is 2.95. The number of esters is 1. The standard InChI is InChI=1S/C15H29N3O2.HI/c1-5-15(8-6-7-9-15)11-18-14(16-3)17-10-12(2)13(19)20-4;/h12H,5-11H2,1-4H3,(H2,16,17,18);1H. The third kappa shape index (κ3) is 6.40. The van der Waals surface area contributed by atoms with Crippen LogP contribution < -0.4 is 10.6 Å². The van der Waals surface area contributed by atoms with Crippen LogP contribution in [0.4, 0.5) is 0 Å². The summed E-state index contributed by atoms with van der Waals surface area (Å²) in [6.45, 7) is 5.60. The molecule has 0 saturated heterocycles. The topological polar surface area (TPSA) is 62.7 Å². The molecule has 1 atom stereocenters. The lowest BCUT2D eigenvalue weighted by atomic mass is 9.83. The third-order valence-electron chi connectivity index (χ3n) is 4.45. The zero-order chi connectivity index (χ0) is 15.0. The molecule has 1 aliphatic carbocycles. The van der Waals surface area contributed by atoms with Crippen LogP contribution in [0.5, 0.6) is 0 Å². The number of carbonyl (C=O) groups is 1. The van der Waals surface area contributed by atoms with E-state index in [1.807, 2.05) is 6.92 Å². The highest BCUT2D eigenvalue weighted by Gasteiger charge is 2.31. The fraction of sp³-hybridized carbons (Fsp3) is 0.867. The van der Waals surface area contributed by atoms with Crippen molar-refractivity contribution in [1.82, 2.24) is 10.6 Å². The molecule has 21 heavy (non-hydrogen) atoms. The molecule has 0 aromatic rings. The molecule has 124 valence electrons. The Labute approximate surface area is 145 Å². The van der Waals surface area contributed by atoms with Gasteiger partial charge in [-0.05, 0) is 24.7 Å². The number of rotatable bonds is 6. The summed E-state index contributed by atoms with van der Waals surface area (Å²) in [6.07, 6.45) is 6.47. The van der Waals surface area contributed by atoms with Gasteiger partial charge in [0.25, 0.3) is 0 Å². The van der Waals surface area contributed by atoms with Gasteiger partial charge < -0.3 is 15.4 Å². The van der Waals surface area contributed by atoms with Crippen molar-refractivity contribution in [2.75, 3.05) is 27.2 Å². The van der Waals surface area contributed by atoms with Crippen LogP contribution in [0.15, 0.2) is 4.99 Å². The number of nitrogens with zero attached hydrogens (tertiary/aromatic N) is 1. The molecule has 0 aromatic heterocycles. The molecule has 0 spiro atoms. The largest absolute Gasteiger partial charge is 0.469 e. The maximum atomic E-state index is 11.4. The van der Waals surface area contributed by atoms with E-state index in [0.717, 1.165) is 12.5 Å². The van der Waals surface area contributed by atoms with Gasteiger partial charge in [0.2, 0.25) is 0 Å². The number of hydrogen-bond acceptors (Lipinski definition) is 3. The Hall–Kier alpha value is -0.530. The minimum atomic E-state index is -0.200. The summed E-state index contributed by atoms with van der Waals surface area (Å²) in [4.78, 5) is 15.6. The molecule has 1 unspecified atom stereocenters. The van der Waals surface area contributed by atoms with E-state index in [9.17, 15) is 4.79 Å². The molecule has 2 N–H and O–H groups in total. The second-order valence-electron chi connectivity index (χ2n) is 5.79. The first-order valence-corrected chi connectivity index (χ1v) is 7.59. The lowest BCUT2D eigenvalue weighted by Crippen LogP contribution is -2.44. The second kappa shape index (κ2) is 10.2. The van der Waals surface area contributed by atoms with E-state index in [-0.39, 0.29) is 35.9 Å². The molecule has 0 aliphatic heterocycles. The van der Waals surface area contributed by atoms with Gasteiger partial charge in [-0.25, -0.2) is 0 Å². The van der Waals surface area contributed by atoms with Gasteiger partial charge in [-0.15, -0.1) is 24.0 Å². The van der Waals surface area contributed by atoms with Gasteiger partial charge in [-0.3, -0.25) is 9.79 Å². The summed E-state index contributed by atoms with van der Waals surface area (Å²) in [5.74, 6) is 0.388. The average molecular weight is 411 g/mol. The second-order valence-corrected chi connectivity index (χ2v) is 5.79. The van der Waals surface area contributed by atoms with Crippen LogP contribution in [0.2, 0.25) is 0 Å². The van der Waals surface area contributed by atoms with Gasteiger partial charge in [-0.1, -0.05) is 26.7 Å². The summed E-state index contributed by atoms with van der Waals surface area (Å²) >= 11 is 0. The summed E-state index contributed by atoms with van der Waals surface area (Å²) in [7, 11) is 3.17. The highest BCUT2D eigenvalue weighted by Crippen LogP contribution is 2.40. The fourth-order valence-corrected chi connectivity index (χ4v) is 2.81. The van der Waals surface area contributed by atoms with Gasteiger partial charge in [-0.2, -0.15) is 0 Å². The Kier molecular flexibility index (Phi) is 9.98. The molecule has 1 rings (SSSR count). The molecular weight excluding hydrogens is 381 g/mol. The lowest BCUT2D eigenvalue weighted by molar-refractivity contribution is -0.144. The number of nitrogens with one attached hydrogen (secondary N) is 2. The predicted octanol–water partition coefficient (Wildman–Crippen LogP) is 2.55. The first-order valence-electron chi connectivity index (χ1n) is 7.59. The Balaban J connectivity index is 0.00000400. The van der Waals surface area contributed by atoms with E-state index in [4.69, 9.17) is 4.74 Å². The highest BCUT2D eigenvalue weighted by atomic mass is 127. The minimum Gasteiger partial charge on any atom is -0.469 e. The van der Waals surface area contributed by atoms with Crippen LogP contribution in [0.3, 0.4) is 0 Å².